The van der Waals surface area contributed by atoms with Crippen LogP contribution in [-0.4, -0.2) is 9.97 Å². The Labute approximate surface area is 103 Å². The second-order valence-electron chi connectivity index (χ2n) is 4.00. The van der Waals surface area contributed by atoms with Gasteiger partial charge < -0.3 is 9.72 Å². The molecule has 0 fully saturated rings. The highest BCUT2D eigenvalue weighted by atomic mass is 19.1. The molecule has 4 heteroatoms. The minimum absolute atomic E-state index is 0.361. The van der Waals surface area contributed by atoms with E-state index in [0.29, 0.717) is 12.5 Å². The molecule has 0 aliphatic rings. The molecule has 0 spiro atoms. The van der Waals surface area contributed by atoms with Gasteiger partial charge in [-0.2, -0.15) is 4.39 Å². The predicted octanol–water partition coefficient (Wildman–Crippen LogP) is 3.28. The first kappa shape index (κ1) is 10.8. The number of rotatable bonds is 3. The lowest BCUT2D eigenvalue weighted by Gasteiger charge is -2.02. The van der Waals surface area contributed by atoms with E-state index in [9.17, 15) is 4.39 Å². The predicted molar refractivity (Wildman–Crippen MR) is 66.8 cm³/mol. The zero-order chi connectivity index (χ0) is 12.4. The molecule has 3 aromatic rings. The molecular weight excluding hydrogens is 231 g/mol. The molecule has 2 aromatic heterocycles. The Hall–Kier alpha value is -2.36. The molecular formula is C14H11FN2O. The Morgan fingerprint density at radius 1 is 1.17 bits per heavy atom. The summed E-state index contributed by atoms with van der Waals surface area (Å²) in [5.74, 6) is 0.213. The number of ether oxygens (including phenoxy) is 1. The number of hydrogen-bond acceptors (Lipinski definition) is 2. The highest BCUT2D eigenvalue weighted by molar-refractivity contribution is 5.81. The second-order valence-corrected chi connectivity index (χ2v) is 4.00. The first-order valence-corrected chi connectivity index (χ1v) is 5.62. The Morgan fingerprint density at radius 2 is 2.06 bits per heavy atom. The van der Waals surface area contributed by atoms with Crippen LogP contribution in [0.5, 0.6) is 5.88 Å². The van der Waals surface area contributed by atoms with Gasteiger partial charge in [-0.1, -0.05) is 18.2 Å². The molecule has 1 aromatic carbocycles. The lowest BCUT2D eigenvalue weighted by Crippen LogP contribution is -1.96. The maximum Gasteiger partial charge on any atom is 0.212 e. The summed E-state index contributed by atoms with van der Waals surface area (Å²) >= 11 is 0. The topological polar surface area (TPSA) is 37.9 Å². The highest BCUT2D eigenvalue weighted by Gasteiger charge is 2.01. The number of halogens is 1. The van der Waals surface area contributed by atoms with E-state index in [0.717, 1.165) is 16.5 Å². The summed E-state index contributed by atoms with van der Waals surface area (Å²) in [6.07, 6.45) is 1.47. The Morgan fingerprint density at radius 3 is 2.83 bits per heavy atom. The van der Waals surface area contributed by atoms with Gasteiger partial charge in [0.2, 0.25) is 5.95 Å². The van der Waals surface area contributed by atoms with Gasteiger partial charge in [0.1, 0.15) is 6.61 Å². The number of benzene rings is 1. The van der Waals surface area contributed by atoms with Crippen molar-refractivity contribution >= 4 is 10.9 Å². The van der Waals surface area contributed by atoms with Crippen LogP contribution < -0.4 is 4.74 Å². The molecule has 3 nitrogen and oxygen atoms in total. The van der Waals surface area contributed by atoms with Crippen molar-refractivity contribution in [2.75, 3.05) is 0 Å². The summed E-state index contributed by atoms with van der Waals surface area (Å²) in [4.78, 5) is 6.74. The van der Waals surface area contributed by atoms with Crippen molar-refractivity contribution in [2.45, 2.75) is 6.61 Å². The molecule has 18 heavy (non-hydrogen) atoms. The quantitative estimate of drug-likeness (QED) is 0.716. The monoisotopic (exact) mass is 242 g/mol. The number of H-pyrrole nitrogens is 1. The first-order valence-electron chi connectivity index (χ1n) is 5.62. The van der Waals surface area contributed by atoms with E-state index < -0.39 is 5.95 Å². The number of nitrogens with zero attached hydrogens (tertiary/aromatic N) is 1. The number of aromatic nitrogens is 2. The minimum atomic E-state index is -0.482. The Kier molecular flexibility index (Phi) is 2.68. The van der Waals surface area contributed by atoms with Crippen LogP contribution >= 0.6 is 0 Å². The summed E-state index contributed by atoms with van der Waals surface area (Å²) in [5.41, 5.74) is 1.86. The molecule has 0 radical (unpaired) electrons. The third-order valence-electron chi connectivity index (χ3n) is 2.69. The fourth-order valence-electron chi connectivity index (χ4n) is 1.78. The van der Waals surface area contributed by atoms with E-state index in [1.807, 2.05) is 30.3 Å². The van der Waals surface area contributed by atoms with Gasteiger partial charge in [-0.3, -0.25) is 0 Å². The van der Waals surface area contributed by atoms with Gasteiger partial charge in [-0.25, -0.2) is 4.98 Å². The average molecular weight is 242 g/mol. The van der Waals surface area contributed by atoms with Crippen LogP contribution in [0.15, 0.2) is 48.7 Å². The van der Waals surface area contributed by atoms with E-state index in [2.05, 4.69) is 9.97 Å². The molecule has 0 atom stereocenters. The largest absolute Gasteiger partial charge is 0.474 e. The molecule has 0 saturated carbocycles. The molecule has 0 amide bonds. The third kappa shape index (κ3) is 2.18. The lowest BCUT2D eigenvalue weighted by molar-refractivity contribution is 0.295. The van der Waals surface area contributed by atoms with Gasteiger partial charge in [0.15, 0.2) is 5.88 Å². The van der Waals surface area contributed by atoms with E-state index in [1.54, 1.807) is 6.07 Å². The van der Waals surface area contributed by atoms with Crippen LogP contribution in [0.3, 0.4) is 0 Å². The number of hydrogen-bond donors (Lipinski definition) is 1. The zero-order valence-electron chi connectivity index (χ0n) is 9.56. The van der Waals surface area contributed by atoms with E-state index >= 15 is 0 Å². The molecule has 0 bridgehead atoms. The zero-order valence-corrected chi connectivity index (χ0v) is 9.56. The molecule has 0 saturated heterocycles. The maximum atomic E-state index is 12.6. The summed E-state index contributed by atoms with van der Waals surface area (Å²) in [7, 11) is 0. The van der Waals surface area contributed by atoms with Crippen LogP contribution in [0.25, 0.3) is 10.9 Å². The number of nitrogens with one attached hydrogen (secondary N) is 1. The van der Waals surface area contributed by atoms with Gasteiger partial charge in [0, 0.05) is 28.7 Å². The molecule has 1 N–H and O–H groups in total. The molecule has 0 aliphatic carbocycles. The molecule has 3 rings (SSSR count). The smallest absolute Gasteiger partial charge is 0.212 e. The first-order chi connectivity index (χ1) is 8.81. The Bertz CT molecular complexity index is 628. The van der Waals surface area contributed by atoms with Crippen LogP contribution in [0.2, 0.25) is 0 Å². The molecule has 0 unspecified atom stereocenters. The van der Waals surface area contributed by atoms with Gasteiger partial charge >= 0.3 is 0 Å². The average Bonchev–Trinajstić information content (AvgIpc) is 2.81. The van der Waals surface area contributed by atoms with Gasteiger partial charge in [-0.15, -0.1) is 0 Å². The van der Waals surface area contributed by atoms with Crippen molar-refractivity contribution in [3.63, 3.8) is 0 Å². The fraction of sp³-hybridized carbons (Fsp3) is 0.0714. The lowest BCUT2D eigenvalue weighted by atomic mass is 10.2. The number of pyridine rings is 1. The fourth-order valence-corrected chi connectivity index (χ4v) is 1.78. The molecule has 0 aliphatic heterocycles. The molecule has 90 valence electrons. The van der Waals surface area contributed by atoms with Crippen molar-refractivity contribution in [1.82, 2.24) is 9.97 Å². The SMILES string of the molecule is Fc1ccc(COc2cc3ccccc3[nH]2)cn1. The Balaban J connectivity index is 1.74. The van der Waals surface area contributed by atoms with Gasteiger partial charge in [0.25, 0.3) is 0 Å². The van der Waals surface area contributed by atoms with E-state index in [-0.39, 0.29) is 0 Å². The third-order valence-corrected chi connectivity index (χ3v) is 2.69. The normalized spacial score (nSPS) is 10.7. The van der Waals surface area contributed by atoms with Crippen LogP contribution in [0.1, 0.15) is 5.56 Å². The van der Waals surface area contributed by atoms with Crippen molar-refractivity contribution in [3.05, 3.63) is 60.2 Å². The van der Waals surface area contributed by atoms with E-state index in [1.165, 1.54) is 12.3 Å². The highest BCUT2D eigenvalue weighted by Crippen LogP contribution is 2.20. The minimum Gasteiger partial charge on any atom is -0.474 e. The summed E-state index contributed by atoms with van der Waals surface area (Å²) in [5, 5.41) is 1.10. The van der Waals surface area contributed by atoms with Crippen molar-refractivity contribution in [1.29, 1.82) is 0 Å². The van der Waals surface area contributed by atoms with Crippen molar-refractivity contribution in [2.24, 2.45) is 0 Å². The summed E-state index contributed by atoms with van der Waals surface area (Å²) < 4.78 is 18.2. The maximum absolute atomic E-state index is 12.6. The van der Waals surface area contributed by atoms with Crippen LogP contribution in [0, 0.1) is 5.95 Å². The number of aromatic amines is 1. The summed E-state index contributed by atoms with van der Waals surface area (Å²) in [6.45, 7) is 0.361. The van der Waals surface area contributed by atoms with Gasteiger partial charge in [-0.05, 0) is 18.2 Å². The number of fused-ring (bicyclic) bond motifs is 1. The standard InChI is InChI=1S/C14H11FN2O/c15-13-6-5-10(8-16-13)9-18-14-7-11-3-1-2-4-12(11)17-14/h1-8,17H,9H2. The van der Waals surface area contributed by atoms with Crippen LogP contribution in [0.4, 0.5) is 4.39 Å². The summed E-state index contributed by atoms with van der Waals surface area (Å²) in [6, 6.07) is 12.9. The van der Waals surface area contributed by atoms with E-state index in [4.69, 9.17) is 4.74 Å². The van der Waals surface area contributed by atoms with Crippen LogP contribution in [-0.2, 0) is 6.61 Å². The second kappa shape index (κ2) is 4.49. The number of para-hydroxylation sites is 1. The van der Waals surface area contributed by atoms with Crippen molar-refractivity contribution in [3.8, 4) is 5.88 Å². The van der Waals surface area contributed by atoms with Crippen molar-refractivity contribution < 1.29 is 9.13 Å². The molecule has 2 heterocycles. The van der Waals surface area contributed by atoms with Gasteiger partial charge in [0.05, 0.1) is 0 Å².